The van der Waals surface area contributed by atoms with E-state index in [-0.39, 0.29) is 17.6 Å². The molecule has 1 amide bonds. The lowest BCUT2D eigenvalue weighted by atomic mass is 10.1. The minimum Gasteiger partial charge on any atom is -0.396 e. The number of nitrogens with two attached hydrogens (primary N) is 1. The largest absolute Gasteiger partial charge is 0.396 e. The fourth-order valence-corrected chi connectivity index (χ4v) is 2.18. The van der Waals surface area contributed by atoms with Gasteiger partial charge in [-0.2, -0.15) is 0 Å². The van der Waals surface area contributed by atoms with Gasteiger partial charge in [0.2, 0.25) is 5.91 Å². The lowest BCUT2D eigenvalue weighted by Gasteiger charge is -2.34. The molecule has 3 N–H and O–H groups in total. The molecule has 1 heterocycles. The van der Waals surface area contributed by atoms with Gasteiger partial charge in [-0.15, -0.1) is 0 Å². The van der Waals surface area contributed by atoms with E-state index >= 15 is 0 Å². The standard InChI is InChI=1S/C13H18FN3O2/c1-16-13(18)11-8-19-6-5-17(11)7-9-3-2-4-10(15)12(9)14/h2-4,11H,5-8,15H2,1H3,(H,16,18). The van der Waals surface area contributed by atoms with Crippen molar-refractivity contribution in [2.45, 2.75) is 12.6 Å². The number of hydrogen-bond donors (Lipinski definition) is 2. The molecule has 1 aromatic rings. The number of nitrogens with zero attached hydrogens (tertiary/aromatic N) is 1. The van der Waals surface area contributed by atoms with Crippen LogP contribution in [0, 0.1) is 5.82 Å². The first-order chi connectivity index (χ1) is 9.13. The van der Waals surface area contributed by atoms with Crippen LogP contribution in [0.5, 0.6) is 0 Å². The number of amides is 1. The molecule has 6 heteroatoms. The molecule has 1 aliphatic rings. The molecule has 1 aliphatic heterocycles. The highest BCUT2D eigenvalue weighted by Gasteiger charge is 2.29. The number of likely N-dealkylation sites (N-methyl/N-ethyl adjacent to an activating group) is 1. The number of nitrogen functional groups attached to an aromatic ring is 1. The number of benzene rings is 1. The van der Waals surface area contributed by atoms with Gasteiger partial charge in [0.25, 0.3) is 0 Å². The van der Waals surface area contributed by atoms with Crippen molar-refractivity contribution in [3.63, 3.8) is 0 Å². The summed E-state index contributed by atoms with van der Waals surface area (Å²) < 4.78 is 19.2. The molecule has 1 saturated heterocycles. The number of rotatable bonds is 3. The Morgan fingerprint density at radius 2 is 2.42 bits per heavy atom. The van der Waals surface area contributed by atoms with E-state index in [9.17, 15) is 9.18 Å². The number of ether oxygens (including phenoxy) is 1. The van der Waals surface area contributed by atoms with Gasteiger partial charge in [-0.1, -0.05) is 12.1 Å². The quantitative estimate of drug-likeness (QED) is 0.776. The van der Waals surface area contributed by atoms with Crippen LogP contribution in [0.15, 0.2) is 18.2 Å². The molecule has 0 bridgehead atoms. The molecule has 2 rings (SSSR count). The maximum Gasteiger partial charge on any atom is 0.239 e. The van der Waals surface area contributed by atoms with Crippen molar-refractivity contribution in [2.75, 3.05) is 32.5 Å². The smallest absolute Gasteiger partial charge is 0.239 e. The van der Waals surface area contributed by atoms with Crippen LogP contribution in [0.2, 0.25) is 0 Å². The third kappa shape index (κ3) is 3.02. The van der Waals surface area contributed by atoms with Crippen molar-refractivity contribution in [2.24, 2.45) is 0 Å². The second-order valence-electron chi connectivity index (χ2n) is 4.50. The highest BCUT2D eigenvalue weighted by Crippen LogP contribution is 2.19. The van der Waals surface area contributed by atoms with E-state index in [1.54, 1.807) is 19.2 Å². The van der Waals surface area contributed by atoms with E-state index in [4.69, 9.17) is 10.5 Å². The van der Waals surface area contributed by atoms with E-state index < -0.39 is 5.82 Å². The van der Waals surface area contributed by atoms with E-state index in [0.717, 1.165) is 0 Å². The molecule has 1 fully saturated rings. The summed E-state index contributed by atoms with van der Waals surface area (Å²) >= 11 is 0. The van der Waals surface area contributed by atoms with Gasteiger partial charge in [0.15, 0.2) is 5.82 Å². The van der Waals surface area contributed by atoms with Gasteiger partial charge >= 0.3 is 0 Å². The second-order valence-corrected chi connectivity index (χ2v) is 4.50. The Kier molecular flexibility index (Phi) is 4.34. The number of carbonyl (C=O) groups is 1. The Labute approximate surface area is 111 Å². The molecule has 0 saturated carbocycles. The van der Waals surface area contributed by atoms with E-state index in [1.807, 2.05) is 4.90 Å². The van der Waals surface area contributed by atoms with E-state index in [0.29, 0.717) is 31.9 Å². The first-order valence-corrected chi connectivity index (χ1v) is 6.19. The minimum atomic E-state index is -0.412. The van der Waals surface area contributed by atoms with Gasteiger partial charge < -0.3 is 15.8 Å². The molecule has 0 spiro atoms. The number of nitrogens with one attached hydrogen (secondary N) is 1. The van der Waals surface area contributed by atoms with Crippen LogP contribution in [0.1, 0.15) is 5.56 Å². The Bertz CT molecular complexity index is 467. The third-order valence-corrected chi connectivity index (χ3v) is 3.27. The summed E-state index contributed by atoms with van der Waals surface area (Å²) in [7, 11) is 1.58. The number of anilines is 1. The van der Waals surface area contributed by atoms with Gasteiger partial charge in [0, 0.05) is 25.7 Å². The van der Waals surface area contributed by atoms with Crippen molar-refractivity contribution >= 4 is 11.6 Å². The minimum absolute atomic E-state index is 0.121. The van der Waals surface area contributed by atoms with Gasteiger partial charge in [-0.25, -0.2) is 4.39 Å². The summed E-state index contributed by atoms with van der Waals surface area (Å²) in [5, 5.41) is 2.60. The predicted molar refractivity (Wildman–Crippen MR) is 69.9 cm³/mol. The van der Waals surface area contributed by atoms with E-state index in [1.165, 1.54) is 6.07 Å². The van der Waals surface area contributed by atoms with Gasteiger partial charge in [0.05, 0.1) is 18.9 Å². The lowest BCUT2D eigenvalue weighted by Crippen LogP contribution is -2.52. The van der Waals surface area contributed by atoms with Crippen LogP contribution in [0.3, 0.4) is 0 Å². The zero-order valence-corrected chi connectivity index (χ0v) is 10.9. The highest BCUT2D eigenvalue weighted by atomic mass is 19.1. The van der Waals surface area contributed by atoms with Crippen LogP contribution in [0.25, 0.3) is 0 Å². The summed E-state index contributed by atoms with van der Waals surface area (Å²) in [6.45, 7) is 1.80. The third-order valence-electron chi connectivity index (χ3n) is 3.27. The van der Waals surface area contributed by atoms with Gasteiger partial charge in [-0.05, 0) is 6.07 Å². The second kappa shape index (κ2) is 5.99. The number of carbonyl (C=O) groups excluding carboxylic acids is 1. The zero-order valence-electron chi connectivity index (χ0n) is 10.9. The Balaban J connectivity index is 2.15. The van der Waals surface area contributed by atoms with E-state index in [2.05, 4.69) is 5.32 Å². The SMILES string of the molecule is CNC(=O)C1COCCN1Cc1cccc(N)c1F. The van der Waals surface area contributed by atoms with Crippen LogP contribution >= 0.6 is 0 Å². The maximum atomic E-state index is 13.9. The van der Waals surface area contributed by atoms with Crippen molar-refractivity contribution < 1.29 is 13.9 Å². The van der Waals surface area contributed by atoms with Gasteiger partial charge in [0.1, 0.15) is 6.04 Å². The molecule has 0 aliphatic carbocycles. The predicted octanol–water partition coefficient (Wildman–Crippen LogP) is 0.355. The topological polar surface area (TPSA) is 67.6 Å². The molecule has 19 heavy (non-hydrogen) atoms. The average Bonchev–Trinajstić information content (AvgIpc) is 2.43. The fraction of sp³-hybridized carbons (Fsp3) is 0.462. The molecule has 5 nitrogen and oxygen atoms in total. The first kappa shape index (κ1) is 13.8. The highest BCUT2D eigenvalue weighted by molar-refractivity contribution is 5.81. The van der Waals surface area contributed by atoms with Crippen molar-refractivity contribution in [3.8, 4) is 0 Å². The molecule has 1 unspecified atom stereocenters. The Morgan fingerprint density at radius 1 is 1.63 bits per heavy atom. The van der Waals surface area contributed by atoms with Crippen molar-refractivity contribution in [1.29, 1.82) is 0 Å². The van der Waals surface area contributed by atoms with Crippen LogP contribution in [-0.2, 0) is 16.1 Å². The summed E-state index contributed by atoms with van der Waals surface area (Å²) in [5.41, 5.74) is 6.17. The average molecular weight is 267 g/mol. The first-order valence-electron chi connectivity index (χ1n) is 6.19. The summed E-state index contributed by atoms with van der Waals surface area (Å²) in [6, 6.07) is 4.53. The van der Waals surface area contributed by atoms with Crippen LogP contribution in [-0.4, -0.2) is 43.7 Å². The zero-order chi connectivity index (χ0) is 13.8. The number of morpholine rings is 1. The maximum absolute atomic E-state index is 13.9. The monoisotopic (exact) mass is 267 g/mol. The fourth-order valence-electron chi connectivity index (χ4n) is 2.18. The molecule has 0 aromatic heterocycles. The summed E-state index contributed by atoms with van der Waals surface area (Å²) in [4.78, 5) is 13.7. The molecule has 1 atom stereocenters. The molecule has 104 valence electrons. The Hall–Kier alpha value is -1.66. The molecular weight excluding hydrogens is 249 g/mol. The number of hydrogen-bond acceptors (Lipinski definition) is 4. The van der Waals surface area contributed by atoms with Crippen molar-refractivity contribution in [3.05, 3.63) is 29.6 Å². The Morgan fingerprint density at radius 3 is 3.16 bits per heavy atom. The van der Waals surface area contributed by atoms with Crippen LogP contribution in [0.4, 0.5) is 10.1 Å². The van der Waals surface area contributed by atoms with Crippen LogP contribution < -0.4 is 11.1 Å². The van der Waals surface area contributed by atoms with Crippen molar-refractivity contribution in [1.82, 2.24) is 10.2 Å². The molecular formula is C13H18FN3O2. The molecule has 1 aromatic carbocycles. The van der Waals surface area contributed by atoms with Gasteiger partial charge in [-0.3, -0.25) is 9.69 Å². The summed E-state index contributed by atoms with van der Waals surface area (Å²) in [5.74, 6) is -0.534. The number of halogens is 1. The lowest BCUT2D eigenvalue weighted by molar-refractivity contribution is -0.132. The summed E-state index contributed by atoms with van der Waals surface area (Å²) in [6.07, 6.45) is 0. The normalized spacial score (nSPS) is 20.2. The molecule has 0 radical (unpaired) electrons.